The quantitative estimate of drug-likeness (QED) is 0.772. The summed E-state index contributed by atoms with van der Waals surface area (Å²) >= 11 is 0. The van der Waals surface area contributed by atoms with Crippen molar-refractivity contribution in [1.29, 1.82) is 0 Å². The van der Waals surface area contributed by atoms with Crippen LogP contribution in [-0.4, -0.2) is 18.9 Å². The Morgan fingerprint density at radius 3 is 1.81 bits per heavy atom. The zero-order valence-electron chi connectivity index (χ0n) is 11.6. The van der Waals surface area contributed by atoms with Gasteiger partial charge in [0.25, 0.3) is 0 Å². The minimum absolute atomic E-state index is 0.0197. The first-order valence-corrected chi connectivity index (χ1v) is 6.50. The maximum absolute atomic E-state index is 12.9. The fourth-order valence-electron chi connectivity index (χ4n) is 2.07. The molecule has 1 rings (SSSR count). The molecule has 0 aromatic heterocycles. The lowest BCUT2D eigenvalue weighted by molar-refractivity contribution is -0.292. The van der Waals surface area contributed by atoms with Gasteiger partial charge in [-0.25, -0.2) is 0 Å². The highest BCUT2D eigenvalue weighted by Crippen LogP contribution is 2.46. The van der Waals surface area contributed by atoms with E-state index in [1.165, 1.54) is 24.3 Å². The second-order valence-electron chi connectivity index (χ2n) is 4.90. The van der Waals surface area contributed by atoms with E-state index in [1.54, 1.807) is 13.8 Å². The van der Waals surface area contributed by atoms with Crippen LogP contribution in [0.4, 0.5) is 26.3 Å². The molecular weight excluding hydrogens is 296 g/mol. The molecule has 0 fully saturated rings. The average Bonchev–Trinajstić information content (AvgIpc) is 2.32. The lowest BCUT2D eigenvalue weighted by Crippen LogP contribution is -2.46. The van der Waals surface area contributed by atoms with Crippen LogP contribution in [0.15, 0.2) is 24.3 Å². The van der Waals surface area contributed by atoms with Crippen molar-refractivity contribution in [2.45, 2.75) is 38.7 Å². The normalized spacial score (nSPS) is 14.5. The van der Waals surface area contributed by atoms with Gasteiger partial charge in [0.15, 0.2) is 5.92 Å². The standard InChI is InChI=1S/C14H17F6N/c1-3-8-21-11(10-6-4-9(2)5-7-10)12(13(15,16)17)14(18,19)20/h4-7,11-12,21H,3,8H2,1-2H3. The smallest absolute Gasteiger partial charge is 0.309 e. The van der Waals surface area contributed by atoms with Crippen LogP contribution >= 0.6 is 0 Å². The number of hydrogen-bond acceptors (Lipinski definition) is 1. The Hall–Kier alpha value is -1.24. The molecule has 1 N–H and O–H groups in total. The summed E-state index contributed by atoms with van der Waals surface area (Å²) in [6.45, 7) is 3.46. The predicted molar refractivity (Wildman–Crippen MR) is 67.8 cm³/mol. The van der Waals surface area contributed by atoms with Crippen molar-refractivity contribution in [2.75, 3.05) is 6.54 Å². The van der Waals surface area contributed by atoms with Gasteiger partial charge in [-0.2, -0.15) is 26.3 Å². The van der Waals surface area contributed by atoms with E-state index in [0.29, 0.717) is 6.42 Å². The third kappa shape index (κ3) is 4.91. The third-order valence-electron chi connectivity index (χ3n) is 3.09. The summed E-state index contributed by atoms with van der Waals surface area (Å²) in [5, 5.41) is 2.38. The fourth-order valence-corrected chi connectivity index (χ4v) is 2.07. The highest BCUT2D eigenvalue weighted by Gasteiger charge is 2.60. The number of nitrogens with one attached hydrogen (secondary N) is 1. The van der Waals surface area contributed by atoms with Crippen molar-refractivity contribution in [2.24, 2.45) is 5.92 Å². The molecule has 1 atom stereocenters. The second-order valence-corrected chi connectivity index (χ2v) is 4.90. The lowest BCUT2D eigenvalue weighted by atomic mass is 9.91. The highest BCUT2D eigenvalue weighted by molar-refractivity contribution is 5.25. The molecule has 0 radical (unpaired) electrons. The molecule has 7 heteroatoms. The van der Waals surface area contributed by atoms with E-state index < -0.39 is 24.3 Å². The van der Waals surface area contributed by atoms with E-state index in [9.17, 15) is 26.3 Å². The van der Waals surface area contributed by atoms with Crippen molar-refractivity contribution in [1.82, 2.24) is 5.32 Å². The van der Waals surface area contributed by atoms with E-state index in [4.69, 9.17) is 0 Å². The van der Waals surface area contributed by atoms with Gasteiger partial charge in [-0.15, -0.1) is 0 Å². The van der Waals surface area contributed by atoms with Gasteiger partial charge in [0.2, 0.25) is 0 Å². The van der Waals surface area contributed by atoms with Gasteiger partial charge in [0.05, 0.1) is 6.04 Å². The largest absolute Gasteiger partial charge is 0.402 e. The van der Waals surface area contributed by atoms with Crippen molar-refractivity contribution in [3.63, 3.8) is 0 Å². The van der Waals surface area contributed by atoms with Crippen LogP contribution in [0.25, 0.3) is 0 Å². The number of halogens is 6. The first-order valence-electron chi connectivity index (χ1n) is 6.50. The van der Waals surface area contributed by atoms with Crippen molar-refractivity contribution in [3.05, 3.63) is 35.4 Å². The molecule has 21 heavy (non-hydrogen) atoms. The minimum Gasteiger partial charge on any atom is -0.309 e. The van der Waals surface area contributed by atoms with Crippen LogP contribution in [-0.2, 0) is 0 Å². The molecule has 1 nitrogen and oxygen atoms in total. The first-order chi connectivity index (χ1) is 9.57. The number of rotatable bonds is 5. The summed E-state index contributed by atoms with van der Waals surface area (Å²) in [5.41, 5.74) is 0.747. The maximum atomic E-state index is 12.9. The maximum Gasteiger partial charge on any atom is 0.402 e. The fraction of sp³-hybridized carbons (Fsp3) is 0.571. The molecule has 1 aromatic carbocycles. The Morgan fingerprint density at radius 2 is 1.43 bits per heavy atom. The molecular formula is C14H17F6N. The summed E-state index contributed by atoms with van der Waals surface area (Å²) in [7, 11) is 0. The van der Waals surface area contributed by atoms with Crippen LogP contribution in [0, 0.1) is 12.8 Å². The zero-order valence-corrected chi connectivity index (χ0v) is 11.6. The van der Waals surface area contributed by atoms with Crippen molar-refractivity contribution in [3.8, 4) is 0 Å². The Morgan fingerprint density at radius 1 is 0.952 bits per heavy atom. The van der Waals surface area contributed by atoms with Gasteiger partial charge >= 0.3 is 12.4 Å². The van der Waals surface area contributed by atoms with Gasteiger partial charge in [0.1, 0.15) is 0 Å². The SMILES string of the molecule is CCCNC(c1ccc(C)cc1)C(C(F)(F)F)C(F)(F)F. The Balaban J connectivity index is 3.23. The topological polar surface area (TPSA) is 12.0 Å². The van der Waals surface area contributed by atoms with Gasteiger partial charge in [0, 0.05) is 0 Å². The molecule has 0 spiro atoms. The molecule has 0 heterocycles. The molecule has 0 saturated carbocycles. The van der Waals surface area contributed by atoms with Crippen LogP contribution in [0.3, 0.4) is 0 Å². The minimum atomic E-state index is -5.37. The Labute approximate surface area is 119 Å². The summed E-state index contributed by atoms with van der Waals surface area (Å²) in [6.07, 6.45) is -10.3. The molecule has 1 aromatic rings. The molecule has 0 aliphatic heterocycles. The summed E-state index contributed by atoms with van der Waals surface area (Å²) in [4.78, 5) is 0. The number of aryl methyl sites for hydroxylation is 1. The predicted octanol–water partition coefficient (Wildman–Crippen LogP) is 4.78. The van der Waals surface area contributed by atoms with Gasteiger partial charge in [-0.05, 0) is 25.5 Å². The first kappa shape index (κ1) is 17.8. The van der Waals surface area contributed by atoms with Gasteiger partial charge in [-0.1, -0.05) is 36.8 Å². The van der Waals surface area contributed by atoms with Crippen LogP contribution in [0.5, 0.6) is 0 Å². The Bertz CT molecular complexity index is 420. The van der Waals surface area contributed by atoms with E-state index in [2.05, 4.69) is 5.32 Å². The lowest BCUT2D eigenvalue weighted by Gasteiger charge is -2.31. The molecule has 1 unspecified atom stereocenters. The molecule has 0 saturated heterocycles. The highest BCUT2D eigenvalue weighted by atomic mass is 19.4. The zero-order chi connectivity index (χ0) is 16.3. The second kappa shape index (κ2) is 6.68. The van der Waals surface area contributed by atoms with Crippen LogP contribution < -0.4 is 5.32 Å². The van der Waals surface area contributed by atoms with Crippen LogP contribution in [0.2, 0.25) is 0 Å². The summed E-state index contributed by atoms with van der Waals surface area (Å²) in [6, 6.07) is 3.75. The van der Waals surface area contributed by atoms with Crippen LogP contribution in [0.1, 0.15) is 30.5 Å². The van der Waals surface area contributed by atoms with Crippen molar-refractivity contribution >= 4 is 0 Å². The molecule has 120 valence electrons. The number of benzene rings is 1. The molecule has 0 aliphatic carbocycles. The van der Waals surface area contributed by atoms with E-state index >= 15 is 0 Å². The van der Waals surface area contributed by atoms with Gasteiger partial charge < -0.3 is 5.32 Å². The summed E-state index contributed by atoms with van der Waals surface area (Å²) in [5.74, 6) is -3.43. The number of hydrogen-bond donors (Lipinski definition) is 1. The molecule has 0 aliphatic rings. The molecule has 0 bridgehead atoms. The summed E-state index contributed by atoms with van der Waals surface area (Å²) < 4.78 is 77.4. The monoisotopic (exact) mass is 313 g/mol. The van der Waals surface area contributed by atoms with E-state index in [1.807, 2.05) is 0 Å². The van der Waals surface area contributed by atoms with Crippen molar-refractivity contribution < 1.29 is 26.3 Å². The van der Waals surface area contributed by atoms with E-state index in [-0.39, 0.29) is 12.1 Å². The number of alkyl halides is 6. The van der Waals surface area contributed by atoms with E-state index in [0.717, 1.165) is 5.56 Å². The average molecular weight is 313 g/mol. The molecule has 0 amide bonds. The van der Waals surface area contributed by atoms with Gasteiger partial charge in [-0.3, -0.25) is 0 Å². The Kier molecular flexibility index (Phi) is 5.67. The third-order valence-corrected chi connectivity index (χ3v) is 3.09.